The number of ether oxygens (including phenoxy) is 3. The molecule has 0 aliphatic carbocycles. The fourth-order valence-electron chi connectivity index (χ4n) is 3.31. The van der Waals surface area contributed by atoms with Crippen LogP contribution in [0.2, 0.25) is 0 Å². The minimum atomic E-state index is -0.788. The second-order valence-electron chi connectivity index (χ2n) is 11.3. The SMILES string of the molecule is COC(=O)C(CCCCNC(=O)OC(C)(C)C)NC(=O)C(CCCCNC(=O)OC(C)(C)C)NC(C)C. The summed E-state index contributed by atoms with van der Waals surface area (Å²) in [5.74, 6) is -0.797. The van der Waals surface area contributed by atoms with E-state index in [1.54, 1.807) is 41.5 Å². The van der Waals surface area contributed by atoms with Gasteiger partial charge in [-0.05, 0) is 80.1 Å². The van der Waals surface area contributed by atoms with E-state index >= 15 is 0 Å². The summed E-state index contributed by atoms with van der Waals surface area (Å²) < 4.78 is 15.3. The molecule has 37 heavy (non-hydrogen) atoms. The monoisotopic (exact) mass is 530 g/mol. The maximum atomic E-state index is 13.0. The van der Waals surface area contributed by atoms with Gasteiger partial charge in [-0.1, -0.05) is 13.8 Å². The zero-order valence-electron chi connectivity index (χ0n) is 24.2. The van der Waals surface area contributed by atoms with Crippen molar-refractivity contribution >= 4 is 24.1 Å². The number of hydrogen-bond donors (Lipinski definition) is 4. The molecule has 3 amide bonds. The molecule has 0 fully saturated rings. The van der Waals surface area contributed by atoms with Crippen molar-refractivity contribution < 1.29 is 33.4 Å². The van der Waals surface area contributed by atoms with Crippen molar-refractivity contribution in [2.24, 2.45) is 0 Å². The van der Waals surface area contributed by atoms with Gasteiger partial charge in [-0.25, -0.2) is 14.4 Å². The molecule has 0 saturated heterocycles. The van der Waals surface area contributed by atoms with Crippen LogP contribution in [0.4, 0.5) is 9.59 Å². The van der Waals surface area contributed by atoms with Crippen LogP contribution in [0.15, 0.2) is 0 Å². The van der Waals surface area contributed by atoms with E-state index in [0.29, 0.717) is 51.6 Å². The molecule has 0 aromatic heterocycles. The zero-order chi connectivity index (χ0) is 28.6. The van der Waals surface area contributed by atoms with Crippen LogP contribution in [0.25, 0.3) is 0 Å². The highest BCUT2D eigenvalue weighted by Gasteiger charge is 2.26. The van der Waals surface area contributed by atoms with E-state index in [0.717, 1.165) is 0 Å². The Kier molecular flexibility index (Phi) is 15.9. The van der Waals surface area contributed by atoms with Gasteiger partial charge in [0.25, 0.3) is 0 Å². The van der Waals surface area contributed by atoms with Gasteiger partial charge in [-0.15, -0.1) is 0 Å². The standard InChI is InChI=1S/C26H50N4O7/c1-18(2)29-19(14-10-12-16-27-23(33)36-25(3,4)5)21(31)30-20(22(32)35-9)15-11-13-17-28-24(34)37-26(6,7)8/h18-20,29H,10-17H2,1-9H3,(H,27,33)(H,28,34)(H,30,31). The third-order valence-electron chi connectivity index (χ3n) is 4.83. The van der Waals surface area contributed by atoms with E-state index < -0.39 is 41.4 Å². The lowest BCUT2D eigenvalue weighted by atomic mass is 10.1. The van der Waals surface area contributed by atoms with E-state index in [1.807, 2.05) is 13.8 Å². The number of alkyl carbamates (subject to hydrolysis) is 2. The number of rotatable bonds is 15. The highest BCUT2D eigenvalue weighted by molar-refractivity contribution is 5.87. The normalized spacial score (nSPS) is 13.4. The number of hydrogen-bond acceptors (Lipinski definition) is 8. The van der Waals surface area contributed by atoms with Gasteiger partial charge in [0, 0.05) is 19.1 Å². The van der Waals surface area contributed by atoms with E-state index in [2.05, 4.69) is 21.3 Å². The Balaban J connectivity index is 4.67. The minimum absolute atomic E-state index is 0.0612. The molecule has 0 saturated carbocycles. The first-order valence-corrected chi connectivity index (χ1v) is 13.1. The molecule has 2 atom stereocenters. The van der Waals surface area contributed by atoms with E-state index in [9.17, 15) is 19.2 Å². The molecule has 0 radical (unpaired) electrons. The van der Waals surface area contributed by atoms with Crippen LogP contribution < -0.4 is 21.3 Å². The number of esters is 1. The summed E-state index contributed by atoms with van der Waals surface area (Å²) in [6, 6.07) is -1.22. The largest absolute Gasteiger partial charge is 0.467 e. The predicted molar refractivity (Wildman–Crippen MR) is 142 cm³/mol. The van der Waals surface area contributed by atoms with Gasteiger partial charge < -0.3 is 35.5 Å². The van der Waals surface area contributed by atoms with Crippen molar-refractivity contribution in [2.75, 3.05) is 20.2 Å². The van der Waals surface area contributed by atoms with Crippen molar-refractivity contribution in [1.29, 1.82) is 0 Å². The maximum absolute atomic E-state index is 13.0. The molecular weight excluding hydrogens is 480 g/mol. The van der Waals surface area contributed by atoms with Crippen molar-refractivity contribution in [2.45, 2.75) is 123 Å². The summed E-state index contributed by atoms with van der Waals surface area (Å²) in [5.41, 5.74) is -1.13. The molecule has 0 aliphatic heterocycles. The molecule has 0 bridgehead atoms. The summed E-state index contributed by atoms with van der Waals surface area (Å²) in [6.07, 6.45) is 2.52. The number of unbranched alkanes of at least 4 members (excludes halogenated alkanes) is 2. The molecule has 2 unspecified atom stereocenters. The number of methoxy groups -OCH3 is 1. The molecule has 0 heterocycles. The van der Waals surface area contributed by atoms with Crippen LogP contribution in [0, 0.1) is 0 Å². The lowest BCUT2D eigenvalue weighted by Crippen LogP contribution is -2.52. The number of nitrogens with one attached hydrogen (secondary N) is 4. The van der Waals surface area contributed by atoms with Crippen LogP contribution in [-0.2, 0) is 23.8 Å². The van der Waals surface area contributed by atoms with Crippen LogP contribution in [0.1, 0.15) is 93.9 Å². The fraction of sp³-hybridized carbons (Fsp3) is 0.846. The number of carbonyl (C=O) groups is 4. The highest BCUT2D eigenvalue weighted by atomic mass is 16.6. The second-order valence-corrected chi connectivity index (χ2v) is 11.3. The second kappa shape index (κ2) is 17.0. The smallest absolute Gasteiger partial charge is 0.407 e. The van der Waals surface area contributed by atoms with Crippen molar-refractivity contribution in [3.8, 4) is 0 Å². The van der Waals surface area contributed by atoms with E-state index in [4.69, 9.17) is 14.2 Å². The first kappa shape index (κ1) is 34.4. The molecule has 11 nitrogen and oxygen atoms in total. The molecule has 4 N–H and O–H groups in total. The summed E-state index contributed by atoms with van der Waals surface area (Å²) in [7, 11) is 1.28. The molecule has 0 spiro atoms. The summed E-state index contributed by atoms with van der Waals surface area (Å²) >= 11 is 0. The first-order valence-electron chi connectivity index (χ1n) is 13.1. The minimum Gasteiger partial charge on any atom is -0.467 e. The Morgan fingerprint density at radius 2 is 1.14 bits per heavy atom. The average Bonchev–Trinajstić information content (AvgIpc) is 2.73. The van der Waals surface area contributed by atoms with E-state index in [-0.39, 0.29) is 11.9 Å². The first-order chi connectivity index (χ1) is 17.0. The fourth-order valence-corrected chi connectivity index (χ4v) is 3.31. The molecule has 0 aliphatic rings. The number of carbonyl (C=O) groups excluding carboxylic acids is 4. The number of amides is 3. The van der Waals surface area contributed by atoms with Crippen molar-refractivity contribution in [1.82, 2.24) is 21.3 Å². The van der Waals surface area contributed by atoms with Gasteiger partial charge >= 0.3 is 18.2 Å². The van der Waals surface area contributed by atoms with E-state index in [1.165, 1.54) is 7.11 Å². The molecule has 0 aromatic carbocycles. The Morgan fingerprint density at radius 1 is 0.703 bits per heavy atom. The Bertz CT molecular complexity index is 715. The van der Waals surface area contributed by atoms with Gasteiger partial charge in [0.2, 0.25) is 5.91 Å². The molecule has 11 heteroatoms. The van der Waals surface area contributed by atoms with Gasteiger partial charge in [0.1, 0.15) is 17.2 Å². The average molecular weight is 531 g/mol. The Labute approximate surface area is 222 Å². The van der Waals surface area contributed by atoms with Crippen LogP contribution in [0.3, 0.4) is 0 Å². The Hall–Kier alpha value is -2.56. The van der Waals surface area contributed by atoms with Crippen LogP contribution in [-0.4, -0.2) is 73.6 Å². The van der Waals surface area contributed by atoms with Gasteiger partial charge in [0.05, 0.1) is 13.2 Å². The summed E-state index contributed by atoms with van der Waals surface area (Å²) in [5, 5.41) is 11.4. The maximum Gasteiger partial charge on any atom is 0.407 e. The third kappa shape index (κ3) is 19.2. The zero-order valence-corrected chi connectivity index (χ0v) is 24.2. The quantitative estimate of drug-likeness (QED) is 0.143. The van der Waals surface area contributed by atoms with Gasteiger partial charge in [-0.3, -0.25) is 4.79 Å². The summed E-state index contributed by atoms with van der Waals surface area (Å²) in [4.78, 5) is 48.8. The third-order valence-corrected chi connectivity index (χ3v) is 4.83. The highest BCUT2D eigenvalue weighted by Crippen LogP contribution is 2.09. The van der Waals surface area contributed by atoms with Gasteiger partial charge in [0.15, 0.2) is 0 Å². The predicted octanol–water partition coefficient (Wildman–Crippen LogP) is 3.40. The van der Waals surface area contributed by atoms with Crippen molar-refractivity contribution in [3.05, 3.63) is 0 Å². The molecule has 0 rings (SSSR count). The lowest BCUT2D eigenvalue weighted by Gasteiger charge is -2.24. The van der Waals surface area contributed by atoms with Crippen molar-refractivity contribution in [3.63, 3.8) is 0 Å². The Morgan fingerprint density at radius 3 is 1.51 bits per heavy atom. The topological polar surface area (TPSA) is 144 Å². The summed E-state index contributed by atoms with van der Waals surface area (Å²) in [6.45, 7) is 15.5. The van der Waals surface area contributed by atoms with Crippen LogP contribution in [0.5, 0.6) is 0 Å². The lowest BCUT2D eigenvalue weighted by molar-refractivity contribution is -0.145. The molecule has 216 valence electrons. The van der Waals surface area contributed by atoms with Gasteiger partial charge in [-0.2, -0.15) is 0 Å². The van der Waals surface area contributed by atoms with Crippen LogP contribution >= 0.6 is 0 Å². The molecule has 0 aromatic rings. The molecular formula is C26H50N4O7.